The first-order valence-corrected chi connectivity index (χ1v) is 9.90. The molecule has 1 N–H and O–H groups in total. The highest BCUT2D eigenvalue weighted by molar-refractivity contribution is 6.30. The maximum atomic E-state index is 12.6. The molecular formula is C22H28Cl2N2O2. The van der Waals surface area contributed by atoms with E-state index in [0.29, 0.717) is 24.0 Å². The van der Waals surface area contributed by atoms with E-state index in [-0.39, 0.29) is 18.3 Å². The van der Waals surface area contributed by atoms with Gasteiger partial charge in [0.25, 0.3) is 0 Å². The van der Waals surface area contributed by atoms with E-state index in [1.54, 1.807) is 0 Å². The first-order chi connectivity index (χ1) is 13.1. The van der Waals surface area contributed by atoms with Gasteiger partial charge in [-0.05, 0) is 67.7 Å². The molecule has 28 heavy (non-hydrogen) atoms. The lowest BCUT2D eigenvalue weighted by atomic mass is 9.96. The van der Waals surface area contributed by atoms with Crippen LogP contribution in [0.15, 0.2) is 48.5 Å². The van der Waals surface area contributed by atoms with Gasteiger partial charge in [-0.25, -0.2) is 0 Å². The molecule has 2 aromatic carbocycles. The average molecular weight is 423 g/mol. The number of carbonyl (C=O) groups excluding carboxylic acids is 1. The Kier molecular flexibility index (Phi) is 9.10. The molecule has 1 fully saturated rings. The van der Waals surface area contributed by atoms with Gasteiger partial charge in [0.1, 0.15) is 12.4 Å². The molecule has 0 aliphatic carbocycles. The van der Waals surface area contributed by atoms with Crippen LogP contribution in [0.2, 0.25) is 5.02 Å². The molecule has 0 unspecified atom stereocenters. The number of rotatable bonds is 7. The van der Waals surface area contributed by atoms with Crippen molar-refractivity contribution in [3.05, 3.63) is 64.7 Å². The van der Waals surface area contributed by atoms with Crippen LogP contribution >= 0.6 is 24.0 Å². The Bertz CT molecular complexity index is 762. The van der Waals surface area contributed by atoms with E-state index >= 15 is 0 Å². The summed E-state index contributed by atoms with van der Waals surface area (Å²) in [5.41, 5.74) is 2.01. The summed E-state index contributed by atoms with van der Waals surface area (Å²) < 4.78 is 5.87. The van der Waals surface area contributed by atoms with Gasteiger partial charge in [-0.3, -0.25) is 4.79 Å². The predicted octanol–water partition coefficient (Wildman–Crippen LogP) is 4.34. The molecule has 0 saturated carbocycles. The summed E-state index contributed by atoms with van der Waals surface area (Å²) in [4.78, 5) is 14.6. The Morgan fingerprint density at radius 3 is 2.57 bits per heavy atom. The van der Waals surface area contributed by atoms with Crippen molar-refractivity contribution in [2.75, 3.05) is 26.7 Å². The van der Waals surface area contributed by atoms with Gasteiger partial charge in [-0.2, -0.15) is 0 Å². The van der Waals surface area contributed by atoms with Crippen molar-refractivity contribution in [2.24, 2.45) is 5.92 Å². The number of ether oxygens (including phenoxy) is 1. The van der Waals surface area contributed by atoms with Crippen LogP contribution in [-0.4, -0.2) is 37.5 Å². The molecule has 6 heteroatoms. The first-order valence-electron chi connectivity index (χ1n) is 9.52. The summed E-state index contributed by atoms with van der Waals surface area (Å²) in [6, 6.07) is 15.4. The maximum Gasteiger partial charge on any atom is 0.226 e. The Balaban J connectivity index is 0.00000280. The lowest BCUT2D eigenvalue weighted by Crippen LogP contribution is -2.41. The van der Waals surface area contributed by atoms with E-state index in [0.717, 1.165) is 49.4 Å². The standard InChI is InChI=1S/C22H27ClN2O2.ClH/c1-24-15-17-8-10-25(11-9-17)22(26)14-18-4-3-7-21(13-18)27-16-19-5-2-6-20(23)12-19;/h2-7,12-13,17,24H,8-11,14-16H2,1H3;1H. The molecule has 1 aliphatic rings. The van der Waals surface area contributed by atoms with Crippen LogP contribution in [0.25, 0.3) is 0 Å². The number of nitrogens with zero attached hydrogens (tertiary/aromatic N) is 1. The van der Waals surface area contributed by atoms with Crippen LogP contribution < -0.4 is 10.1 Å². The van der Waals surface area contributed by atoms with Crippen molar-refractivity contribution in [3.8, 4) is 5.75 Å². The summed E-state index contributed by atoms with van der Waals surface area (Å²) in [5, 5.41) is 3.93. The van der Waals surface area contributed by atoms with Crippen molar-refractivity contribution in [2.45, 2.75) is 25.9 Å². The second-order valence-electron chi connectivity index (χ2n) is 7.12. The molecule has 1 saturated heterocycles. The van der Waals surface area contributed by atoms with E-state index in [4.69, 9.17) is 16.3 Å². The van der Waals surface area contributed by atoms with Gasteiger partial charge in [-0.15, -0.1) is 12.4 Å². The summed E-state index contributed by atoms with van der Waals surface area (Å²) in [5.74, 6) is 1.65. The highest BCUT2D eigenvalue weighted by Crippen LogP contribution is 2.20. The smallest absolute Gasteiger partial charge is 0.226 e. The minimum Gasteiger partial charge on any atom is -0.489 e. The predicted molar refractivity (Wildman–Crippen MR) is 116 cm³/mol. The van der Waals surface area contributed by atoms with E-state index in [1.165, 1.54) is 0 Å². The molecule has 3 rings (SSSR count). The number of amides is 1. The highest BCUT2D eigenvalue weighted by Gasteiger charge is 2.22. The second kappa shape index (κ2) is 11.3. The van der Waals surface area contributed by atoms with Crippen LogP contribution in [0.1, 0.15) is 24.0 Å². The van der Waals surface area contributed by atoms with E-state index < -0.39 is 0 Å². The third kappa shape index (κ3) is 6.69. The zero-order valence-electron chi connectivity index (χ0n) is 16.2. The Morgan fingerprint density at radius 2 is 1.86 bits per heavy atom. The molecular weight excluding hydrogens is 395 g/mol. The van der Waals surface area contributed by atoms with Crippen molar-refractivity contribution in [1.29, 1.82) is 0 Å². The molecule has 0 spiro atoms. The van der Waals surface area contributed by atoms with E-state index in [9.17, 15) is 4.79 Å². The van der Waals surface area contributed by atoms with Crippen LogP contribution in [0.4, 0.5) is 0 Å². The Morgan fingerprint density at radius 1 is 1.14 bits per heavy atom. The minimum atomic E-state index is 0. The summed E-state index contributed by atoms with van der Waals surface area (Å²) in [6.45, 7) is 3.21. The van der Waals surface area contributed by atoms with Crippen molar-refractivity contribution in [3.63, 3.8) is 0 Å². The molecule has 0 aromatic heterocycles. The molecule has 0 atom stereocenters. The zero-order chi connectivity index (χ0) is 19.1. The molecule has 0 bridgehead atoms. The van der Waals surface area contributed by atoms with Crippen LogP contribution in [0.3, 0.4) is 0 Å². The topological polar surface area (TPSA) is 41.6 Å². The Labute approximate surface area is 178 Å². The lowest BCUT2D eigenvalue weighted by Gasteiger charge is -2.32. The van der Waals surface area contributed by atoms with E-state index in [2.05, 4.69) is 5.32 Å². The maximum absolute atomic E-state index is 12.6. The van der Waals surface area contributed by atoms with Crippen molar-refractivity contribution < 1.29 is 9.53 Å². The molecule has 2 aromatic rings. The third-order valence-electron chi connectivity index (χ3n) is 5.01. The average Bonchev–Trinajstić information content (AvgIpc) is 2.68. The number of piperidine rings is 1. The van der Waals surface area contributed by atoms with Gasteiger partial charge in [-0.1, -0.05) is 35.9 Å². The normalized spacial score (nSPS) is 14.4. The van der Waals surface area contributed by atoms with Gasteiger partial charge < -0.3 is 15.0 Å². The number of likely N-dealkylation sites (tertiary alicyclic amines) is 1. The van der Waals surface area contributed by atoms with Crippen LogP contribution in [-0.2, 0) is 17.8 Å². The Hall–Kier alpha value is -1.75. The van der Waals surface area contributed by atoms with Gasteiger partial charge in [0, 0.05) is 18.1 Å². The van der Waals surface area contributed by atoms with Gasteiger partial charge >= 0.3 is 0 Å². The SMILES string of the molecule is CNCC1CCN(C(=O)Cc2cccc(OCc3cccc(Cl)c3)c2)CC1.Cl. The number of hydrogen-bond donors (Lipinski definition) is 1. The highest BCUT2D eigenvalue weighted by atomic mass is 35.5. The van der Waals surface area contributed by atoms with E-state index in [1.807, 2.05) is 60.5 Å². The number of hydrogen-bond acceptors (Lipinski definition) is 3. The largest absolute Gasteiger partial charge is 0.489 e. The number of halogens is 2. The lowest BCUT2D eigenvalue weighted by molar-refractivity contribution is -0.131. The summed E-state index contributed by atoms with van der Waals surface area (Å²) >= 11 is 6.01. The second-order valence-corrected chi connectivity index (χ2v) is 7.56. The monoisotopic (exact) mass is 422 g/mol. The first kappa shape index (κ1) is 22.5. The molecule has 0 radical (unpaired) electrons. The molecule has 1 aliphatic heterocycles. The van der Waals surface area contributed by atoms with Gasteiger partial charge in [0.15, 0.2) is 0 Å². The van der Waals surface area contributed by atoms with Gasteiger partial charge in [0.05, 0.1) is 6.42 Å². The summed E-state index contributed by atoms with van der Waals surface area (Å²) in [7, 11) is 1.99. The fourth-order valence-corrected chi connectivity index (χ4v) is 3.71. The number of nitrogens with one attached hydrogen (secondary N) is 1. The number of benzene rings is 2. The minimum absolute atomic E-state index is 0. The molecule has 1 heterocycles. The summed E-state index contributed by atoms with van der Waals surface area (Å²) in [6.07, 6.45) is 2.58. The van der Waals surface area contributed by atoms with Crippen LogP contribution in [0.5, 0.6) is 5.75 Å². The third-order valence-corrected chi connectivity index (χ3v) is 5.24. The van der Waals surface area contributed by atoms with Crippen molar-refractivity contribution >= 4 is 29.9 Å². The molecule has 152 valence electrons. The van der Waals surface area contributed by atoms with Gasteiger partial charge in [0.2, 0.25) is 5.91 Å². The van der Waals surface area contributed by atoms with Crippen molar-refractivity contribution in [1.82, 2.24) is 10.2 Å². The number of carbonyl (C=O) groups is 1. The fourth-order valence-electron chi connectivity index (χ4n) is 3.50. The molecule has 4 nitrogen and oxygen atoms in total. The zero-order valence-corrected chi connectivity index (χ0v) is 17.8. The fraction of sp³-hybridized carbons (Fsp3) is 0.409. The molecule has 1 amide bonds. The quantitative estimate of drug-likeness (QED) is 0.721. The van der Waals surface area contributed by atoms with Crippen LogP contribution in [0, 0.1) is 5.92 Å².